The fraction of sp³-hybridized carbons (Fsp3) is 0.500. The third-order valence-corrected chi connectivity index (χ3v) is 3.00. The molecular formula is C14H20N4O3. The summed E-state index contributed by atoms with van der Waals surface area (Å²) in [5, 5.41) is 2.95. The number of rotatable bonds is 3. The number of aromatic nitrogens is 1. The second kappa shape index (κ2) is 5.23. The molecule has 1 saturated heterocycles. The van der Waals surface area contributed by atoms with E-state index < -0.39 is 11.6 Å². The lowest BCUT2D eigenvalue weighted by Crippen LogP contribution is -2.32. The number of amides is 2. The number of carbonyl (C=O) groups excluding carboxylic acids is 2. The van der Waals surface area contributed by atoms with E-state index in [1.54, 1.807) is 12.1 Å². The highest BCUT2D eigenvalue weighted by Gasteiger charge is 2.36. The van der Waals surface area contributed by atoms with Crippen LogP contribution in [0, 0.1) is 0 Å². The number of hydrogen-bond donors (Lipinski definition) is 2. The van der Waals surface area contributed by atoms with Crippen LogP contribution < -0.4 is 15.8 Å². The highest BCUT2D eigenvalue weighted by molar-refractivity contribution is 6.06. The summed E-state index contributed by atoms with van der Waals surface area (Å²) in [5.74, 6) is 0.276. The molecule has 0 radical (unpaired) electrons. The molecular weight excluding hydrogens is 272 g/mol. The van der Waals surface area contributed by atoms with Gasteiger partial charge in [0.05, 0.1) is 12.1 Å². The lowest BCUT2D eigenvalue weighted by atomic mass is 10.2. The van der Waals surface area contributed by atoms with E-state index in [0.29, 0.717) is 17.4 Å². The Bertz CT molecular complexity index is 580. The van der Waals surface area contributed by atoms with Gasteiger partial charge < -0.3 is 15.8 Å². The maximum atomic E-state index is 11.9. The van der Waals surface area contributed by atoms with Crippen molar-refractivity contribution in [3.8, 4) is 5.88 Å². The third kappa shape index (κ3) is 3.42. The number of nitrogens with two attached hydrogens (primary N) is 1. The van der Waals surface area contributed by atoms with Gasteiger partial charge in [0, 0.05) is 7.05 Å². The molecule has 2 heterocycles. The van der Waals surface area contributed by atoms with Gasteiger partial charge in [0.1, 0.15) is 17.5 Å². The van der Waals surface area contributed by atoms with Crippen molar-refractivity contribution in [1.29, 1.82) is 0 Å². The van der Waals surface area contributed by atoms with Crippen molar-refractivity contribution in [1.82, 2.24) is 9.88 Å². The zero-order valence-electron chi connectivity index (χ0n) is 12.6. The molecule has 1 aromatic heterocycles. The van der Waals surface area contributed by atoms with Crippen LogP contribution in [-0.2, 0) is 9.59 Å². The van der Waals surface area contributed by atoms with Crippen molar-refractivity contribution in [2.45, 2.75) is 38.8 Å². The Balaban J connectivity index is 2.16. The van der Waals surface area contributed by atoms with Crippen LogP contribution in [0.4, 0.5) is 11.5 Å². The highest BCUT2D eigenvalue weighted by atomic mass is 16.5. The molecule has 0 bridgehead atoms. The van der Waals surface area contributed by atoms with Gasteiger partial charge in [-0.1, -0.05) is 0 Å². The number of carbonyl (C=O) groups is 2. The molecule has 2 rings (SSSR count). The van der Waals surface area contributed by atoms with Gasteiger partial charge in [-0.25, -0.2) is 0 Å². The van der Waals surface area contributed by atoms with Crippen molar-refractivity contribution in [3.63, 3.8) is 0 Å². The number of anilines is 2. The normalized spacial score (nSPS) is 19.0. The summed E-state index contributed by atoms with van der Waals surface area (Å²) in [4.78, 5) is 28.7. The Labute approximate surface area is 123 Å². The molecule has 0 aromatic carbocycles. The predicted molar refractivity (Wildman–Crippen MR) is 78.8 cm³/mol. The molecule has 21 heavy (non-hydrogen) atoms. The largest absolute Gasteiger partial charge is 0.470 e. The van der Waals surface area contributed by atoms with Gasteiger partial charge in [-0.3, -0.25) is 14.5 Å². The Hall–Kier alpha value is -2.31. The average Bonchev–Trinajstić information content (AvgIpc) is 2.60. The van der Waals surface area contributed by atoms with Gasteiger partial charge in [-0.15, -0.1) is 0 Å². The van der Waals surface area contributed by atoms with Crippen LogP contribution in [0.15, 0.2) is 12.1 Å². The van der Waals surface area contributed by atoms with Crippen LogP contribution in [-0.4, -0.2) is 40.4 Å². The number of likely N-dealkylation sites (N-methyl/N-ethyl adjacent to an activating group) is 1. The molecule has 0 spiro atoms. The quantitative estimate of drug-likeness (QED) is 0.807. The molecule has 1 aliphatic rings. The lowest BCUT2D eigenvalue weighted by molar-refractivity contribution is -0.136. The molecule has 1 atom stereocenters. The number of pyridine rings is 1. The molecule has 3 N–H and O–H groups in total. The maximum absolute atomic E-state index is 11.9. The summed E-state index contributed by atoms with van der Waals surface area (Å²) in [6.45, 7) is 5.67. The van der Waals surface area contributed by atoms with E-state index in [0.717, 1.165) is 4.90 Å². The summed E-state index contributed by atoms with van der Waals surface area (Å²) in [6, 6.07) is 2.71. The summed E-state index contributed by atoms with van der Waals surface area (Å²) in [5.41, 5.74) is 5.82. The SMILES string of the molecule is CN1C(=O)CC(Nc2ccc(N)c(OC(C)(C)C)n2)C1=O. The molecule has 1 aromatic rings. The monoisotopic (exact) mass is 292 g/mol. The Morgan fingerprint density at radius 2 is 2.05 bits per heavy atom. The van der Waals surface area contributed by atoms with E-state index in [1.165, 1.54) is 7.05 Å². The second-order valence-corrected chi connectivity index (χ2v) is 6.00. The lowest BCUT2D eigenvalue weighted by Gasteiger charge is -2.22. The van der Waals surface area contributed by atoms with Crippen molar-refractivity contribution < 1.29 is 14.3 Å². The molecule has 1 fully saturated rings. The predicted octanol–water partition coefficient (Wildman–Crippen LogP) is 1.01. The molecule has 7 heteroatoms. The van der Waals surface area contributed by atoms with E-state index in [-0.39, 0.29) is 18.2 Å². The Kier molecular flexibility index (Phi) is 3.76. The van der Waals surface area contributed by atoms with Gasteiger partial charge in [0.2, 0.25) is 11.8 Å². The summed E-state index contributed by atoms with van der Waals surface area (Å²) in [6.07, 6.45) is 0.122. The molecule has 1 aliphatic heterocycles. The fourth-order valence-electron chi connectivity index (χ4n) is 1.95. The number of likely N-dealkylation sites (tertiary alicyclic amines) is 1. The van der Waals surface area contributed by atoms with Gasteiger partial charge in [0.25, 0.3) is 5.91 Å². The van der Waals surface area contributed by atoms with Crippen molar-refractivity contribution in [3.05, 3.63) is 12.1 Å². The van der Waals surface area contributed by atoms with Crippen molar-refractivity contribution >= 4 is 23.3 Å². The van der Waals surface area contributed by atoms with Crippen LogP contribution in [0.25, 0.3) is 0 Å². The number of ether oxygens (including phenoxy) is 1. The number of nitrogens with zero attached hydrogens (tertiary/aromatic N) is 2. The Morgan fingerprint density at radius 1 is 1.38 bits per heavy atom. The first-order valence-corrected chi connectivity index (χ1v) is 6.70. The number of nitrogen functional groups attached to an aromatic ring is 1. The maximum Gasteiger partial charge on any atom is 0.251 e. The molecule has 1 unspecified atom stereocenters. The molecule has 2 amide bonds. The van der Waals surface area contributed by atoms with Crippen molar-refractivity contribution in [2.24, 2.45) is 0 Å². The summed E-state index contributed by atoms with van der Waals surface area (Å²) in [7, 11) is 1.47. The van der Waals surface area contributed by atoms with E-state index in [9.17, 15) is 9.59 Å². The fourth-order valence-corrected chi connectivity index (χ4v) is 1.95. The minimum atomic E-state index is -0.596. The number of nitrogens with one attached hydrogen (secondary N) is 1. The van der Waals surface area contributed by atoms with Crippen molar-refractivity contribution in [2.75, 3.05) is 18.1 Å². The molecule has 0 aliphatic carbocycles. The minimum Gasteiger partial charge on any atom is -0.470 e. The molecule has 7 nitrogen and oxygen atoms in total. The molecule has 114 valence electrons. The zero-order chi connectivity index (χ0) is 15.8. The standard InChI is InChI=1S/C14H20N4O3/c1-14(2,3)21-12-8(15)5-6-10(17-12)16-9-7-11(19)18(4)13(9)20/h5-6,9H,7,15H2,1-4H3,(H,16,17). The van der Waals surface area contributed by atoms with Crippen LogP contribution in [0.3, 0.4) is 0 Å². The highest BCUT2D eigenvalue weighted by Crippen LogP contribution is 2.26. The van der Waals surface area contributed by atoms with E-state index in [1.807, 2.05) is 20.8 Å². The van der Waals surface area contributed by atoms with Gasteiger partial charge in [0.15, 0.2) is 0 Å². The van der Waals surface area contributed by atoms with Gasteiger partial charge >= 0.3 is 0 Å². The second-order valence-electron chi connectivity index (χ2n) is 6.00. The first-order valence-electron chi connectivity index (χ1n) is 6.70. The average molecular weight is 292 g/mol. The summed E-state index contributed by atoms with van der Waals surface area (Å²) < 4.78 is 5.67. The van der Waals surface area contributed by atoms with Crippen LogP contribution in [0.5, 0.6) is 5.88 Å². The van der Waals surface area contributed by atoms with Gasteiger partial charge in [-0.2, -0.15) is 4.98 Å². The van der Waals surface area contributed by atoms with Crippen LogP contribution in [0.2, 0.25) is 0 Å². The minimum absolute atomic E-state index is 0.122. The first-order chi connectivity index (χ1) is 9.67. The van der Waals surface area contributed by atoms with E-state index >= 15 is 0 Å². The number of hydrogen-bond acceptors (Lipinski definition) is 6. The topological polar surface area (TPSA) is 97.6 Å². The zero-order valence-corrected chi connectivity index (χ0v) is 12.6. The van der Waals surface area contributed by atoms with E-state index in [4.69, 9.17) is 10.5 Å². The van der Waals surface area contributed by atoms with Gasteiger partial charge in [-0.05, 0) is 32.9 Å². The summed E-state index contributed by atoms with van der Waals surface area (Å²) >= 11 is 0. The van der Waals surface area contributed by atoms with E-state index in [2.05, 4.69) is 10.3 Å². The van der Waals surface area contributed by atoms with Crippen LogP contribution in [0.1, 0.15) is 27.2 Å². The van der Waals surface area contributed by atoms with Crippen LogP contribution >= 0.6 is 0 Å². The number of imide groups is 1. The third-order valence-electron chi connectivity index (χ3n) is 3.00. The first kappa shape index (κ1) is 15.1. The molecule has 0 saturated carbocycles. The smallest absolute Gasteiger partial charge is 0.251 e. The Morgan fingerprint density at radius 3 is 2.57 bits per heavy atom.